The van der Waals surface area contributed by atoms with Gasteiger partial charge in [-0.3, -0.25) is 9.59 Å². The number of nitrogens with one attached hydrogen (secondary N) is 1. The fourth-order valence-corrected chi connectivity index (χ4v) is 5.12. The first-order valence-corrected chi connectivity index (χ1v) is 9.20. The minimum Gasteiger partial charge on any atom is -0.469 e. The van der Waals surface area contributed by atoms with Crippen molar-refractivity contribution in [3.8, 4) is 0 Å². The van der Waals surface area contributed by atoms with Gasteiger partial charge in [-0.2, -0.15) is 0 Å². The number of rotatable bonds is 2. The highest BCUT2D eigenvalue weighted by molar-refractivity contribution is 5.94. The third-order valence-corrected chi connectivity index (χ3v) is 6.14. The molecule has 1 aromatic carbocycles. The molecule has 5 nitrogen and oxygen atoms in total. The van der Waals surface area contributed by atoms with Crippen molar-refractivity contribution in [2.75, 3.05) is 7.11 Å². The number of aromatic nitrogens is 2. The van der Waals surface area contributed by atoms with Crippen molar-refractivity contribution in [3.63, 3.8) is 0 Å². The van der Waals surface area contributed by atoms with E-state index in [1.54, 1.807) is 0 Å². The molecular formula is C22H20N2O3. The number of aromatic amines is 1. The molecule has 5 rings (SSSR count). The van der Waals surface area contributed by atoms with Gasteiger partial charge in [-0.25, -0.2) is 0 Å². The quantitative estimate of drug-likeness (QED) is 0.554. The molecule has 5 heteroatoms. The van der Waals surface area contributed by atoms with E-state index in [1.165, 1.54) is 7.11 Å². The molecule has 2 bridgehead atoms. The van der Waals surface area contributed by atoms with E-state index in [9.17, 15) is 9.59 Å². The van der Waals surface area contributed by atoms with Gasteiger partial charge in [0.2, 0.25) is 0 Å². The summed E-state index contributed by atoms with van der Waals surface area (Å²) in [5.41, 5.74) is 5.80. The van der Waals surface area contributed by atoms with E-state index < -0.39 is 0 Å². The molecule has 1 aliphatic carbocycles. The maximum absolute atomic E-state index is 12.9. The number of hydrogen-bond donors (Lipinski definition) is 1. The molecule has 3 aromatic rings. The van der Waals surface area contributed by atoms with Crippen LogP contribution in [0.5, 0.6) is 0 Å². The lowest BCUT2D eigenvalue weighted by Gasteiger charge is -2.42. The molecule has 27 heavy (non-hydrogen) atoms. The average molecular weight is 360 g/mol. The van der Waals surface area contributed by atoms with Gasteiger partial charge in [-0.1, -0.05) is 24.3 Å². The molecule has 0 amide bonds. The van der Waals surface area contributed by atoms with Gasteiger partial charge in [0.05, 0.1) is 24.8 Å². The third kappa shape index (κ3) is 1.99. The number of hydrogen-bond acceptors (Lipinski definition) is 3. The number of para-hydroxylation sites is 1. The Morgan fingerprint density at radius 1 is 1.26 bits per heavy atom. The van der Waals surface area contributed by atoms with Gasteiger partial charge in [-0.05, 0) is 42.7 Å². The summed E-state index contributed by atoms with van der Waals surface area (Å²) in [6, 6.07) is 11.9. The Morgan fingerprint density at radius 2 is 2.07 bits per heavy atom. The second-order valence-electron chi connectivity index (χ2n) is 7.23. The van der Waals surface area contributed by atoms with Crippen LogP contribution in [-0.4, -0.2) is 28.9 Å². The number of methoxy groups -OCH3 is 1. The lowest BCUT2D eigenvalue weighted by molar-refractivity contribution is -0.143. The number of H-pyrrole nitrogens is 1. The van der Waals surface area contributed by atoms with Crippen molar-refractivity contribution in [1.82, 2.24) is 9.55 Å². The Balaban J connectivity index is 1.87. The number of esters is 1. The number of fused-ring (bicyclic) bond motifs is 8. The molecule has 3 heterocycles. The first-order chi connectivity index (χ1) is 13.2. The summed E-state index contributed by atoms with van der Waals surface area (Å²) in [4.78, 5) is 28.1. The number of allylic oxidation sites excluding steroid dienone is 2. The van der Waals surface area contributed by atoms with Gasteiger partial charge in [-0.15, -0.1) is 0 Å². The van der Waals surface area contributed by atoms with Crippen molar-refractivity contribution in [3.05, 3.63) is 65.1 Å². The molecule has 1 N–H and O–H groups in total. The van der Waals surface area contributed by atoms with Crippen LogP contribution in [0.25, 0.3) is 16.5 Å². The predicted octanol–water partition coefficient (Wildman–Crippen LogP) is 4.06. The van der Waals surface area contributed by atoms with Crippen LogP contribution in [0.4, 0.5) is 0 Å². The lowest BCUT2D eigenvalue weighted by Crippen LogP contribution is -2.37. The van der Waals surface area contributed by atoms with Gasteiger partial charge in [0.15, 0.2) is 6.29 Å². The second-order valence-corrected chi connectivity index (χ2v) is 7.23. The van der Waals surface area contributed by atoms with Crippen LogP contribution in [0, 0.1) is 5.92 Å². The Hall–Kier alpha value is -3.08. The number of ether oxygens (including phenoxy) is 1. The highest BCUT2D eigenvalue weighted by Gasteiger charge is 2.48. The fraction of sp³-hybridized carbons (Fsp3) is 0.273. The number of carbonyl (C=O) groups is 2. The van der Waals surface area contributed by atoms with Crippen LogP contribution in [0.15, 0.2) is 42.5 Å². The molecule has 0 saturated carbocycles. The van der Waals surface area contributed by atoms with Gasteiger partial charge in [0.1, 0.15) is 0 Å². The summed E-state index contributed by atoms with van der Waals surface area (Å²) >= 11 is 0. The summed E-state index contributed by atoms with van der Waals surface area (Å²) < 4.78 is 7.33. The molecule has 0 saturated heterocycles. The maximum atomic E-state index is 12.9. The third-order valence-electron chi connectivity index (χ3n) is 6.14. The van der Waals surface area contributed by atoms with E-state index in [0.29, 0.717) is 5.69 Å². The number of benzene rings is 1. The van der Waals surface area contributed by atoms with Crippen molar-refractivity contribution in [2.45, 2.75) is 25.3 Å². The van der Waals surface area contributed by atoms with Crippen LogP contribution < -0.4 is 0 Å². The lowest BCUT2D eigenvalue weighted by atomic mass is 9.68. The van der Waals surface area contributed by atoms with E-state index in [-0.39, 0.29) is 23.8 Å². The molecule has 1 aliphatic heterocycles. The van der Waals surface area contributed by atoms with Crippen molar-refractivity contribution in [1.29, 1.82) is 0 Å². The summed E-state index contributed by atoms with van der Waals surface area (Å²) in [7, 11) is 1.45. The normalized spacial score (nSPS) is 24.5. The predicted molar refractivity (Wildman–Crippen MR) is 103 cm³/mol. The van der Waals surface area contributed by atoms with Crippen LogP contribution >= 0.6 is 0 Å². The van der Waals surface area contributed by atoms with Gasteiger partial charge in [0, 0.05) is 28.2 Å². The van der Waals surface area contributed by atoms with Crippen LogP contribution in [0.2, 0.25) is 0 Å². The zero-order chi connectivity index (χ0) is 18.7. The Morgan fingerprint density at radius 3 is 2.81 bits per heavy atom. The zero-order valence-electron chi connectivity index (χ0n) is 15.2. The van der Waals surface area contributed by atoms with Crippen LogP contribution in [0.1, 0.15) is 52.7 Å². The van der Waals surface area contributed by atoms with E-state index in [0.717, 1.165) is 46.1 Å². The first kappa shape index (κ1) is 16.1. The maximum Gasteiger partial charge on any atom is 0.313 e. The molecule has 0 fully saturated rings. The minimum atomic E-state index is -0.355. The van der Waals surface area contributed by atoms with E-state index in [2.05, 4.69) is 15.6 Å². The van der Waals surface area contributed by atoms with Crippen molar-refractivity contribution < 1.29 is 14.3 Å². The molecule has 2 aromatic heterocycles. The largest absolute Gasteiger partial charge is 0.469 e. The number of carbonyl (C=O) groups excluding carboxylic acids is 2. The summed E-state index contributed by atoms with van der Waals surface area (Å²) in [5.74, 6) is -0.535. The Labute approximate surface area is 156 Å². The first-order valence-electron chi connectivity index (χ1n) is 9.20. The molecule has 0 spiro atoms. The average Bonchev–Trinajstić information content (AvgIpc) is 3.30. The number of nitrogens with zero attached hydrogens (tertiary/aromatic N) is 1. The Bertz CT molecular complexity index is 1120. The van der Waals surface area contributed by atoms with E-state index in [4.69, 9.17) is 4.74 Å². The number of aldehydes is 1. The van der Waals surface area contributed by atoms with Crippen molar-refractivity contribution >= 4 is 28.7 Å². The molecular weight excluding hydrogens is 340 g/mol. The summed E-state index contributed by atoms with van der Waals surface area (Å²) in [5, 5.41) is 1.05. The summed E-state index contributed by atoms with van der Waals surface area (Å²) in [6.45, 7) is 1.99. The molecule has 3 atom stereocenters. The monoisotopic (exact) mass is 360 g/mol. The molecule has 0 radical (unpaired) electrons. The van der Waals surface area contributed by atoms with Crippen molar-refractivity contribution in [2.24, 2.45) is 5.92 Å². The Kier molecular flexibility index (Phi) is 3.41. The van der Waals surface area contributed by atoms with Crippen LogP contribution in [-0.2, 0) is 9.53 Å². The highest BCUT2D eigenvalue weighted by atomic mass is 16.5. The molecule has 136 valence electrons. The molecule has 2 aliphatic rings. The fourth-order valence-electron chi connectivity index (χ4n) is 5.12. The van der Waals surface area contributed by atoms with Gasteiger partial charge >= 0.3 is 5.97 Å². The van der Waals surface area contributed by atoms with Gasteiger partial charge < -0.3 is 14.3 Å². The van der Waals surface area contributed by atoms with Gasteiger partial charge in [0.25, 0.3) is 0 Å². The smallest absolute Gasteiger partial charge is 0.313 e. The second kappa shape index (κ2) is 5.71. The van der Waals surface area contributed by atoms with E-state index >= 15 is 0 Å². The minimum absolute atomic E-state index is 0.00667. The van der Waals surface area contributed by atoms with E-state index in [1.807, 2.05) is 43.3 Å². The highest BCUT2D eigenvalue weighted by Crippen LogP contribution is 2.55. The van der Waals surface area contributed by atoms with Crippen LogP contribution in [0.3, 0.4) is 0 Å². The summed E-state index contributed by atoms with van der Waals surface area (Å²) in [6.07, 6.45) is 3.74. The standard InChI is InChI=1S/C22H20N2O3/c1-3-13-15-10-18(24-12(11-25)8-9-17(13)24)21-19(20(15)22(26)27-2)14-6-4-5-7-16(14)23-21/h3-9,11,15,18,20,23H,10H2,1-2H3/b13-3-/t15-,18-,20+/m0/s1. The topological polar surface area (TPSA) is 64.1 Å². The zero-order valence-corrected chi connectivity index (χ0v) is 15.2. The molecule has 0 unspecified atom stereocenters. The SMILES string of the molecule is C/C=C1\c2ccc(C=O)n2[C@H]2C[C@@H]1[C@@H](C(=O)OC)c1c2[nH]c2ccccc12.